The first-order valence-corrected chi connectivity index (χ1v) is 26.5. The summed E-state index contributed by atoms with van der Waals surface area (Å²) in [4.78, 5) is 10.5. The Hall–Kier alpha value is -0.210. The van der Waals surface area contributed by atoms with Gasteiger partial charge in [-0.05, 0) is 67.6 Å². The van der Waals surface area contributed by atoms with Gasteiger partial charge in [0.1, 0.15) is 42.7 Å². The molecule has 0 spiro atoms. The minimum absolute atomic E-state index is 0.0496. The molecular formula is C49H99O12P. The molecule has 0 aromatic carbocycles. The third-order valence-corrected chi connectivity index (χ3v) is 14.3. The van der Waals surface area contributed by atoms with E-state index in [9.17, 15) is 40.1 Å². The molecule has 1 saturated carbocycles. The lowest BCUT2D eigenvalue weighted by Crippen LogP contribution is -2.64. The van der Waals surface area contributed by atoms with Gasteiger partial charge in [-0.25, -0.2) is 4.57 Å². The van der Waals surface area contributed by atoms with Gasteiger partial charge in [0.05, 0.1) is 18.8 Å². The van der Waals surface area contributed by atoms with Gasteiger partial charge in [0, 0.05) is 13.2 Å². The second-order valence-electron chi connectivity index (χ2n) is 21.3. The van der Waals surface area contributed by atoms with Crippen molar-refractivity contribution in [3.63, 3.8) is 0 Å². The number of aliphatic hydroxyl groups is 6. The standard InChI is InChI=1S/C49H99O12P/c1-35(2)17-11-19-37(5)21-13-23-39(7)24-15-26-41(9)28-31-58-33-42(34-60-62(56,57)61-48-46(53)44(51)43(50)45(52)47(48)54)59-32-30-49(10,55)29-16-27-40(8)25-14-22-38(6)20-12-18-36(3)4/h35-48,50-55H,11-34H2,1-10H3,(H,56,57)/t37?,38?,39?,40?,41?,42-,43?,44?,45?,46?,47?,48?,49?/m0/s1. The van der Waals surface area contributed by atoms with Gasteiger partial charge in [-0.1, -0.05) is 171 Å². The van der Waals surface area contributed by atoms with Crippen molar-refractivity contribution in [1.29, 1.82) is 0 Å². The molecule has 0 radical (unpaired) electrons. The average molecular weight is 911 g/mol. The van der Waals surface area contributed by atoms with Crippen molar-refractivity contribution in [3.05, 3.63) is 0 Å². The van der Waals surface area contributed by atoms with E-state index in [4.69, 9.17) is 18.5 Å². The second-order valence-corrected chi connectivity index (χ2v) is 22.7. The summed E-state index contributed by atoms with van der Waals surface area (Å²) in [6.45, 7) is 22.8. The molecule has 372 valence electrons. The lowest BCUT2D eigenvalue weighted by molar-refractivity contribution is -0.220. The first kappa shape index (κ1) is 59.8. The minimum atomic E-state index is -4.98. The third kappa shape index (κ3) is 28.1. The van der Waals surface area contributed by atoms with Gasteiger partial charge in [0.2, 0.25) is 0 Å². The van der Waals surface area contributed by atoms with Crippen LogP contribution in [0.1, 0.15) is 198 Å². The van der Waals surface area contributed by atoms with Crippen molar-refractivity contribution in [2.45, 2.75) is 246 Å². The Morgan fingerprint density at radius 2 is 0.871 bits per heavy atom. The highest BCUT2D eigenvalue weighted by Crippen LogP contribution is 2.47. The van der Waals surface area contributed by atoms with Crippen LogP contribution in [0.4, 0.5) is 0 Å². The lowest BCUT2D eigenvalue weighted by atomic mass is 9.85. The van der Waals surface area contributed by atoms with Crippen LogP contribution in [0, 0.1) is 41.4 Å². The van der Waals surface area contributed by atoms with Crippen molar-refractivity contribution in [2.75, 3.05) is 26.4 Å². The highest BCUT2D eigenvalue weighted by molar-refractivity contribution is 7.47. The molecule has 0 saturated heterocycles. The summed E-state index contributed by atoms with van der Waals surface area (Å²) >= 11 is 0. The Morgan fingerprint density at radius 1 is 0.500 bits per heavy atom. The van der Waals surface area contributed by atoms with Crippen LogP contribution in [0.15, 0.2) is 0 Å². The van der Waals surface area contributed by atoms with Gasteiger partial charge < -0.3 is 45.0 Å². The molecule has 0 heterocycles. The van der Waals surface area contributed by atoms with Crippen LogP contribution in [-0.2, 0) is 23.1 Å². The number of aliphatic hydroxyl groups excluding tert-OH is 5. The first-order valence-electron chi connectivity index (χ1n) is 25.0. The predicted molar refractivity (Wildman–Crippen MR) is 250 cm³/mol. The Balaban J connectivity index is 2.61. The van der Waals surface area contributed by atoms with E-state index in [2.05, 4.69) is 62.3 Å². The van der Waals surface area contributed by atoms with Crippen LogP contribution in [-0.4, -0.2) is 110 Å². The number of hydrogen-bond donors (Lipinski definition) is 7. The van der Waals surface area contributed by atoms with E-state index in [0.29, 0.717) is 31.3 Å². The van der Waals surface area contributed by atoms with Crippen molar-refractivity contribution < 1.29 is 58.6 Å². The van der Waals surface area contributed by atoms with Gasteiger partial charge in [-0.2, -0.15) is 0 Å². The van der Waals surface area contributed by atoms with Crippen LogP contribution >= 0.6 is 7.82 Å². The maximum atomic E-state index is 13.0. The zero-order chi connectivity index (χ0) is 46.9. The summed E-state index contributed by atoms with van der Waals surface area (Å²) in [5.41, 5.74) is -0.968. The molecule has 62 heavy (non-hydrogen) atoms. The predicted octanol–water partition coefficient (Wildman–Crippen LogP) is 9.75. The molecule has 1 fully saturated rings. The third-order valence-electron chi connectivity index (χ3n) is 13.4. The van der Waals surface area contributed by atoms with Gasteiger partial charge in [-0.3, -0.25) is 9.05 Å². The fourth-order valence-electron chi connectivity index (χ4n) is 8.64. The zero-order valence-corrected chi connectivity index (χ0v) is 42.1. The number of phosphoric ester groups is 1. The SMILES string of the molecule is CC(C)CCCC(C)CCCC(C)CCCC(C)CCOC[C@@H](COP(=O)(O)OC1C(O)C(O)C(O)C(O)C1O)OCCC(C)(O)CCCC(C)CCCC(C)CCCC(C)C. The smallest absolute Gasteiger partial charge is 0.390 e. The molecule has 12 nitrogen and oxygen atoms in total. The minimum Gasteiger partial charge on any atom is -0.390 e. The molecule has 0 amide bonds. The second kappa shape index (κ2) is 32.5. The molecule has 0 aliphatic heterocycles. The molecule has 0 aromatic rings. The van der Waals surface area contributed by atoms with E-state index in [1.54, 1.807) is 6.92 Å². The van der Waals surface area contributed by atoms with Crippen LogP contribution < -0.4 is 0 Å². The largest absolute Gasteiger partial charge is 0.472 e. The zero-order valence-electron chi connectivity index (χ0n) is 41.2. The molecule has 11 unspecified atom stereocenters. The van der Waals surface area contributed by atoms with E-state index in [1.165, 1.54) is 89.9 Å². The fourth-order valence-corrected chi connectivity index (χ4v) is 9.62. The number of rotatable bonds is 38. The Morgan fingerprint density at radius 3 is 1.29 bits per heavy atom. The van der Waals surface area contributed by atoms with E-state index >= 15 is 0 Å². The van der Waals surface area contributed by atoms with Gasteiger partial charge in [-0.15, -0.1) is 0 Å². The highest BCUT2D eigenvalue weighted by Gasteiger charge is 2.51. The van der Waals surface area contributed by atoms with E-state index in [1.807, 2.05) is 0 Å². The van der Waals surface area contributed by atoms with Crippen LogP contribution in [0.2, 0.25) is 0 Å². The molecule has 0 aromatic heterocycles. The number of hydrogen-bond acceptors (Lipinski definition) is 11. The molecule has 0 bridgehead atoms. The summed E-state index contributed by atoms with van der Waals surface area (Å²) in [6.07, 6.45) is 10.4. The summed E-state index contributed by atoms with van der Waals surface area (Å²) < 4.78 is 35.3. The lowest BCUT2D eigenvalue weighted by Gasteiger charge is -2.41. The monoisotopic (exact) mass is 911 g/mol. The molecule has 1 aliphatic carbocycles. The quantitative estimate of drug-likeness (QED) is 0.0229. The fraction of sp³-hybridized carbons (Fsp3) is 1.00. The van der Waals surface area contributed by atoms with Gasteiger partial charge in [0.25, 0.3) is 0 Å². The molecule has 13 heteroatoms. The molecule has 12 atom stereocenters. The van der Waals surface area contributed by atoms with Crippen molar-refractivity contribution >= 4 is 7.82 Å². The van der Waals surface area contributed by atoms with Crippen LogP contribution in [0.5, 0.6) is 0 Å². The summed E-state index contributed by atoms with van der Waals surface area (Å²) in [7, 11) is -4.98. The van der Waals surface area contributed by atoms with E-state index in [0.717, 1.165) is 55.3 Å². The molecule has 1 rings (SSSR count). The van der Waals surface area contributed by atoms with E-state index in [-0.39, 0.29) is 13.2 Å². The van der Waals surface area contributed by atoms with Gasteiger partial charge >= 0.3 is 7.82 Å². The maximum Gasteiger partial charge on any atom is 0.472 e. The molecule has 1 aliphatic rings. The van der Waals surface area contributed by atoms with Crippen molar-refractivity contribution in [3.8, 4) is 0 Å². The van der Waals surface area contributed by atoms with E-state index < -0.39 is 62.8 Å². The van der Waals surface area contributed by atoms with Crippen molar-refractivity contribution in [1.82, 2.24) is 0 Å². The summed E-state index contributed by atoms with van der Waals surface area (Å²) in [5.74, 6) is 4.89. The first-order chi connectivity index (χ1) is 29.0. The Labute approximate surface area is 379 Å². The Bertz CT molecular complexity index is 1130. The summed E-state index contributed by atoms with van der Waals surface area (Å²) in [6, 6.07) is 0. The van der Waals surface area contributed by atoms with Crippen molar-refractivity contribution in [2.24, 2.45) is 41.4 Å². The average Bonchev–Trinajstić information content (AvgIpc) is 3.18. The number of phosphoric acid groups is 1. The van der Waals surface area contributed by atoms with Gasteiger partial charge in [0.15, 0.2) is 0 Å². The Kier molecular flexibility index (Phi) is 31.3. The molecule has 7 N–H and O–H groups in total. The number of ether oxygens (including phenoxy) is 2. The topological polar surface area (TPSA) is 196 Å². The van der Waals surface area contributed by atoms with Crippen LogP contribution in [0.3, 0.4) is 0 Å². The summed E-state index contributed by atoms with van der Waals surface area (Å²) in [5, 5.41) is 61.8. The highest BCUT2D eigenvalue weighted by atomic mass is 31.2. The normalized spacial score (nSPS) is 25.9. The van der Waals surface area contributed by atoms with Crippen LogP contribution in [0.25, 0.3) is 0 Å². The maximum absolute atomic E-state index is 13.0. The molecular weight excluding hydrogens is 812 g/mol.